The fourth-order valence-electron chi connectivity index (χ4n) is 2.35. The van der Waals surface area contributed by atoms with Crippen molar-refractivity contribution in [2.24, 2.45) is 0 Å². The molecule has 0 radical (unpaired) electrons. The zero-order valence-corrected chi connectivity index (χ0v) is 11.1. The van der Waals surface area contributed by atoms with Gasteiger partial charge in [0.15, 0.2) is 0 Å². The third-order valence-electron chi connectivity index (χ3n) is 3.59. The standard InChI is InChI=1S/C14H18F2N2O/c1-8-5-6-10(15)12(13(8)16)14(19)18-11-4-3-7-17-9(11)2/h5-6,9,11,17H,3-4,7H2,1-2H3,(H,18,19). The molecule has 2 N–H and O–H groups in total. The summed E-state index contributed by atoms with van der Waals surface area (Å²) in [5, 5.41) is 5.94. The summed E-state index contributed by atoms with van der Waals surface area (Å²) < 4.78 is 27.5. The second kappa shape index (κ2) is 5.65. The molecule has 1 aliphatic heterocycles. The highest BCUT2D eigenvalue weighted by molar-refractivity contribution is 5.95. The van der Waals surface area contributed by atoms with Crippen molar-refractivity contribution >= 4 is 5.91 Å². The number of nitrogens with one attached hydrogen (secondary N) is 2. The van der Waals surface area contributed by atoms with E-state index < -0.39 is 23.1 Å². The van der Waals surface area contributed by atoms with Gasteiger partial charge in [-0.05, 0) is 44.9 Å². The van der Waals surface area contributed by atoms with Crippen molar-refractivity contribution in [3.8, 4) is 0 Å². The predicted octanol–water partition coefficient (Wildman–Crippen LogP) is 2.14. The van der Waals surface area contributed by atoms with Crippen molar-refractivity contribution in [2.45, 2.75) is 38.8 Å². The van der Waals surface area contributed by atoms with Gasteiger partial charge in [-0.2, -0.15) is 0 Å². The van der Waals surface area contributed by atoms with Gasteiger partial charge in [0.25, 0.3) is 5.91 Å². The molecule has 0 aliphatic carbocycles. The van der Waals surface area contributed by atoms with Crippen molar-refractivity contribution in [1.29, 1.82) is 0 Å². The first-order valence-corrected chi connectivity index (χ1v) is 6.49. The molecule has 0 aromatic heterocycles. The number of halogens is 2. The number of hydrogen-bond acceptors (Lipinski definition) is 2. The van der Waals surface area contributed by atoms with Crippen molar-refractivity contribution in [2.75, 3.05) is 6.54 Å². The number of piperidine rings is 1. The zero-order chi connectivity index (χ0) is 14.0. The molecule has 19 heavy (non-hydrogen) atoms. The van der Waals surface area contributed by atoms with Crippen LogP contribution in [0, 0.1) is 18.6 Å². The molecule has 0 saturated carbocycles. The molecule has 1 aliphatic rings. The van der Waals surface area contributed by atoms with Gasteiger partial charge in [-0.25, -0.2) is 8.78 Å². The Bertz CT molecular complexity index is 491. The van der Waals surface area contributed by atoms with Crippen molar-refractivity contribution < 1.29 is 13.6 Å². The molecule has 2 atom stereocenters. The van der Waals surface area contributed by atoms with Crippen LogP contribution in [-0.4, -0.2) is 24.5 Å². The highest BCUT2D eigenvalue weighted by Gasteiger charge is 2.26. The predicted molar refractivity (Wildman–Crippen MR) is 69.0 cm³/mol. The van der Waals surface area contributed by atoms with E-state index in [1.807, 2.05) is 6.92 Å². The molecule has 1 saturated heterocycles. The van der Waals surface area contributed by atoms with E-state index in [0.717, 1.165) is 25.5 Å². The minimum Gasteiger partial charge on any atom is -0.348 e. The molecule has 104 valence electrons. The van der Waals surface area contributed by atoms with Crippen LogP contribution in [0.25, 0.3) is 0 Å². The van der Waals surface area contributed by atoms with Gasteiger partial charge in [-0.15, -0.1) is 0 Å². The molecule has 2 rings (SSSR count). The lowest BCUT2D eigenvalue weighted by atomic mass is 9.99. The normalized spacial score (nSPS) is 23.2. The molecule has 1 heterocycles. The lowest BCUT2D eigenvalue weighted by Gasteiger charge is -2.30. The van der Waals surface area contributed by atoms with Gasteiger partial charge in [-0.3, -0.25) is 4.79 Å². The van der Waals surface area contributed by atoms with E-state index in [2.05, 4.69) is 10.6 Å². The Kier molecular flexibility index (Phi) is 4.14. The molecule has 1 fully saturated rings. The van der Waals surface area contributed by atoms with Gasteiger partial charge < -0.3 is 10.6 Å². The number of carbonyl (C=O) groups excluding carboxylic acids is 1. The van der Waals surface area contributed by atoms with Crippen LogP contribution >= 0.6 is 0 Å². The summed E-state index contributed by atoms with van der Waals surface area (Å²) in [6, 6.07) is 2.46. The second-order valence-corrected chi connectivity index (χ2v) is 5.02. The highest BCUT2D eigenvalue weighted by Crippen LogP contribution is 2.17. The molecule has 2 unspecified atom stereocenters. The largest absolute Gasteiger partial charge is 0.348 e. The molecule has 3 nitrogen and oxygen atoms in total. The Morgan fingerprint density at radius 3 is 2.84 bits per heavy atom. The zero-order valence-electron chi connectivity index (χ0n) is 11.1. The minimum absolute atomic E-state index is 0.0967. The quantitative estimate of drug-likeness (QED) is 0.863. The Labute approximate surface area is 111 Å². The maximum atomic E-state index is 13.8. The van der Waals surface area contributed by atoms with Gasteiger partial charge in [0, 0.05) is 12.1 Å². The first-order chi connectivity index (χ1) is 9.00. The first kappa shape index (κ1) is 13.9. The van der Waals surface area contributed by atoms with E-state index >= 15 is 0 Å². The lowest BCUT2D eigenvalue weighted by Crippen LogP contribution is -2.52. The topological polar surface area (TPSA) is 41.1 Å². The molecule has 1 aromatic rings. The van der Waals surface area contributed by atoms with Crippen LogP contribution in [0.1, 0.15) is 35.7 Å². The monoisotopic (exact) mass is 268 g/mol. The average Bonchev–Trinajstić information content (AvgIpc) is 2.37. The third kappa shape index (κ3) is 2.92. The summed E-state index contributed by atoms with van der Waals surface area (Å²) in [4.78, 5) is 12.0. The van der Waals surface area contributed by atoms with E-state index in [9.17, 15) is 13.6 Å². The summed E-state index contributed by atoms with van der Waals surface area (Å²) in [5.41, 5.74) is -0.223. The van der Waals surface area contributed by atoms with Crippen LogP contribution in [0.15, 0.2) is 12.1 Å². The van der Waals surface area contributed by atoms with E-state index in [1.54, 1.807) is 0 Å². The van der Waals surface area contributed by atoms with Crippen molar-refractivity contribution in [3.63, 3.8) is 0 Å². The summed E-state index contributed by atoms with van der Waals surface area (Å²) in [6.45, 7) is 4.37. The molecule has 1 amide bonds. The third-order valence-corrected chi connectivity index (χ3v) is 3.59. The van der Waals surface area contributed by atoms with Gasteiger partial charge in [-0.1, -0.05) is 6.07 Å². The highest BCUT2D eigenvalue weighted by atomic mass is 19.1. The number of amides is 1. The molecule has 5 heteroatoms. The summed E-state index contributed by atoms with van der Waals surface area (Å²) in [5.74, 6) is -2.29. The lowest BCUT2D eigenvalue weighted by molar-refractivity contribution is 0.0911. The smallest absolute Gasteiger partial charge is 0.257 e. The second-order valence-electron chi connectivity index (χ2n) is 5.02. The maximum Gasteiger partial charge on any atom is 0.257 e. The fourth-order valence-corrected chi connectivity index (χ4v) is 2.35. The van der Waals surface area contributed by atoms with Gasteiger partial charge in [0.1, 0.15) is 17.2 Å². The van der Waals surface area contributed by atoms with Crippen LogP contribution < -0.4 is 10.6 Å². The van der Waals surface area contributed by atoms with Crippen LogP contribution in [0.2, 0.25) is 0 Å². The number of rotatable bonds is 2. The molecule has 0 spiro atoms. The Morgan fingerprint density at radius 1 is 1.42 bits per heavy atom. The number of hydrogen-bond donors (Lipinski definition) is 2. The van der Waals surface area contributed by atoms with E-state index in [0.29, 0.717) is 0 Å². The minimum atomic E-state index is -0.822. The molecular formula is C14H18F2N2O. The Balaban J connectivity index is 2.18. The van der Waals surface area contributed by atoms with Gasteiger partial charge in [0.2, 0.25) is 0 Å². The maximum absolute atomic E-state index is 13.8. The van der Waals surface area contributed by atoms with Crippen LogP contribution in [0.5, 0.6) is 0 Å². The Morgan fingerprint density at radius 2 is 2.16 bits per heavy atom. The van der Waals surface area contributed by atoms with Crippen molar-refractivity contribution in [1.82, 2.24) is 10.6 Å². The molecule has 0 bridgehead atoms. The van der Waals surface area contributed by atoms with Crippen LogP contribution in [0.4, 0.5) is 8.78 Å². The summed E-state index contributed by atoms with van der Waals surface area (Å²) >= 11 is 0. The van der Waals surface area contributed by atoms with Crippen molar-refractivity contribution in [3.05, 3.63) is 34.9 Å². The van der Waals surface area contributed by atoms with E-state index in [-0.39, 0.29) is 17.6 Å². The van der Waals surface area contributed by atoms with E-state index in [1.165, 1.54) is 13.0 Å². The van der Waals surface area contributed by atoms with E-state index in [4.69, 9.17) is 0 Å². The van der Waals surface area contributed by atoms with Crippen LogP contribution in [-0.2, 0) is 0 Å². The molecule has 1 aromatic carbocycles. The van der Waals surface area contributed by atoms with Gasteiger partial charge in [0.05, 0.1) is 0 Å². The van der Waals surface area contributed by atoms with Crippen LogP contribution in [0.3, 0.4) is 0 Å². The summed E-state index contributed by atoms with van der Waals surface area (Å²) in [6.07, 6.45) is 1.75. The number of benzene rings is 1. The number of aryl methyl sites for hydroxylation is 1. The molecular weight excluding hydrogens is 250 g/mol. The average molecular weight is 268 g/mol. The SMILES string of the molecule is Cc1ccc(F)c(C(=O)NC2CCCNC2C)c1F. The fraction of sp³-hybridized carbons (Fsp3) is 0.500. The van der Waals surface area contributed by atoms with Gasteiger partial charge >= 0.3 is 0 Å². The first-order valence-electron chi connectivity index (χ1n) is 6.49. The summed E-state index contributed by atoms with van der Waals surface area (Å²) in [7, 11) is 0. The number of carbonyl (C=O) groups is 1. The Hall–Kier alpha value is -1.49.